The molecule has 1 rings (SSSR count). The Hall–Kier alpha value is -0.830. The van der Waals surface area contributed by atoms with E-state index in [0.29, 0.717) is 12.5 Å². The summed E-state index contributed by atoms with van der Waals surface area (Å²) in [5.74, 6) is 0.463. The van der Waals surface area contributed by atoms with Crippen LogP contribution >= 0.6 is 0 Å². The lowest BCUT2D eigenvalue weighted by atomic mass is 10.1. The predicted molar refractivity (Wildman–Crippen MR) is 70.8 cm³/mol. The van der Waals surface area contributed by atoms with Crippen LogP contribution in [0.2, 0.25) is 0 Å². The summed E-state index contributed by atoms with van der Waals surface area (Å²) in [7, 11) is 0. The number of aliphatic hydroxyl groups excluding tert-OH is 1. The molecule has 0 saturated carbocycles. The fourth-order valence-corrected chi connectivity index (χ4v) is 1.36. The maximum absolute atomic E-state index is 8.74. The van der Waals surface area contributed by atoms with Gasteiger partial charge in [-0.15, -0.1) is 0 Å². The molecule has 16 heavy (non-hydrogen) atoms. The van der Waals surface area contributed by atoms with Gasteiger partial charge in [-0.25, -0.2) is 4.98 Å². The summed E-state index contributed by atoms with van der Waals surface area (Å²) in [4.78, 5) is 4.29. The first kappa shape index (κ1) is 17.6. The second-order valence-corrected chi connectivity index (χ2v) is 3.29. The minimum Gasteiger partial charge on any atom is -0.395 e. The molecule has 3 heteroatoms. The normalized spacial score (nSPS) is 9.06. The smallest absolute Gasteiger partial charge is 0.0952 e. The zero-order chi connectivity index (χ0) is 13.1. The van der Waals surface area contributed by atoms with Gasteiger partial charge in [0.2, 0.25) is 0 Å². The number of nitrogens with zero attached hydrogens (tertiary/aromatic N) is 2. The molecule has 1 aromatic heterocycles. The van der Waals surface area contributed by atoms with E-state index in [1.807, 2.05) is 39.2 Å². The molecule has 1 heterocycles. The molecule has 0 aliphatic rings. The van der Waals surface area contributed by atoms with Crippen molar-refractivity contribution >= 4 is 0 Å². The van der Waals surface area contributed by atoms with Crippen molar-refractivity contribution in [3.8, 4) is 0 Å². The molecule has 1 aromatic rings. The van der Waals surface area contributed by atoms with Crippen LogP contribution in [0, 0.1) is 6.92 Å². The van der Waals surface area contributed by atoms with Gasteiger partial charge >= 0.3 is 0 Å². The second-order valence-electron chi connectivity index (χ2n) is 3.29. The van der Waals surface area contributed by atoms with E-state index < -0.39 is 0 Å². The molecule has 96 valence electrons. The lowest BCUT2D eigenvalue weighted by Gasteiger charge is -2.05. The molecule has 3 nitrogen and oxygen atoms in total. The SMILES string of the molecule is CC.CC.Cc1c(C(C)C)ncn1CCO. The minimum atomic E-state index is 0.175. The summed E-state index contributed by atoms with van der Waals surface area (Å²) in [5, 5.41) is 8.74. The zero-order valence-electron chi connectivity index (χ0n) is 11.9. The van der Waals surface area contributed by atoms with Gasteiger partial charge in [-0.05, 0) is 12.8 Å². The van der Waals surface area contributed by atoms with E-state index in [2.05, 4.69) is 18.8 Å². The average Bonchev–Trinajstić information content (AvgIpc) is 2.67. The van der Waals surface area contributed by atoms with Gasteiger partial charge in [0.25, 0.3) is 0 Å². The Morgan fingerprint density at radius 1 is 1.25 bits per heavy atom. The highest BCUT2D eigenvalue weighted by molar-refractivity contribution is 5.14. The van der Waals surface area contributed by atoms with E-state index in [-0.39, 0.29) is 6.61 Å². The van der Waals surface area contributed by atoms with Crippen LogP contribution in [0.4, 0.5) is 0 Å². The largest absolute Gasteiger partial charge is 0.395 e. The van der Waals surface area contributed by atoms with E-state index in [1.54, 1.807) is 6.33 Å². The van der Waals surface area contributed by atoms with Gasteiger partial charge in [-0.3, -0.25) is 0 Å². The van der Waals surface area contributed by atoms with Crippen molar-refractivity contribution in [2.45, 2.75) is 60.9 Å². The lowest BCUT2D eigenvalue weighted by molar-refractivity contribution is 0.275. The molecule has 0 radical (unpaired) electrons. The zero-order valence-corrected chi connectivity index (χ0v) is 11.9. The summed E-state index contributed by atoms with van der Waals surface area (Å²) < 4.78 is 1.98. The first-order chi connectivity index (χ1) is 7.66. The first-order valence-electron chi connectivity index (χ1n) is 6.29. The summed E-state index contributed by atoms with van der Waals surface area (Å²) in [5.41, 5.74) is 2.29. The standard InChI is InChI=1S/C9H16N2O.2C2H6/c1-7(2)9-8(3)11(4-5-12)6-10-9;2*1-2/h6-7,12H,4-5H2,1-3H3;2*1-2H3. The third kappa shape index (κ3) is 5.31. The van der Waals surface area contributed by atoms with Gasteiger partial charge < -0.3 is 9.67 Å². The molecule has 0 atom stereocenters. The van der Waals surface area contributed by atoms with E-state index in [4.69, 9.17) is 5.11 Å². The highest BCUT2D eigenvalue weighted by Gasteiger charge is 2.08. The minimum absolute atomic E-state index is 0.175. The molecule has 0 spiro atoms. The predicted octanol–water partition coefficient (Wildman–Crippen LogP) is 3.36. The molecule has 0 unspecified atom stereocenters. The van der Waals surface area contributed by atoms with E-state index in [9.17, 15) is 0 Å². The van der Waals surface area contributed by atoms with Gasteiger partial charge in [0.05, 0.1) is 18.6 Å². The Bertz CT molecular complexity index is 254. The molecule has 0 aromatic carbocycles. The van der Waals surface area contributed by atoms with Crippen LogP contribution in [0.15, 0.2) is 6.33 Å². The van der Waals surface area contributed by atoms with Gasteiger partial charge in [0, 0.05) is 12.2 Å². The monoisotopic (exact) mass is 228 g/mol. The van der Waals surface area contributed by atoms with Crippen molar-refractivity contribution in [2.24, 2.45) is 0 Å². The Morgan fingerprint density at radius 3 is 2.06 bits per heavy atom. The summed E-state index contributed by atoms with van der Waals surface area (Å²) in [6.45, 7) is 15.1. The summed E-state index contributed by atoms with van der Waals surface area (Å²) in [6.07, 6.45) is 1.79. The lowest BCUT2D eigenvalue weighted by Crippen LogP contribution is -2.03. The van der Waals surface area contributed by atoms with Crippen molar-refractivity contribution < 1.29 is 5.11 Å². The summed E-state index contributed by atoms with van der Waals surface area (Å²) in [6, 6.07) is 0. The Morgan fingerprint density at radius 2 is 1.75 bits per heavy atom. The van der Waals surface area contributed by atoms with E-state index in [0.717, 1.165) is 5.69 Å². The molecule has 0 saturated heterocycles. The van der Waals surface area contributed by atoms with Crippen LogP contribution in [0.25, 0.3) is 0 Å². The van der Waals surface area contributed by atoms with E-state index >= 15 is 0 Å². The third-order valence-corrected chi connectivity index (χ3v) is 2.03. The van der Waals surface area contributed by atoms with Crippen LogP contribution in [0.1, 0.15) is 58.8 Å². The maximum Gasteiger partial charge on any atom is 0.0952 e. The quantitative estimate of drug-likeness (QED) is 0.861. The summed E-state index contributed by atoms with van der Waals surface area (Å²) >= 11 is 0. The fraction of sp³-hybridized carbons (Fsp3) is 0.769. The van der Waals surface area contributed by atoms with Crippen LogP contribution in [-0.2, 0) is 6.54 Å². The van der Waals surface area contributed by atoms with Crippen LogP contribution in [-0.4, -0.2) is 21.3 Å². The second kappa shape index (κ2) is 10.7. The topological polar surface area (TPSA) is 38.0 Å². The molecule has 0 fully saturated rings. The molecule has 0 aliphatic carbocycles. The van der Waals surface area contributed by atoms with Crippen molar-refractivity contribution in [1.82, 2.24) is 9.55 Å². The van der Waals surface area contributed by atoms with E-state index in [1.165, 1.54) is 5.69 Å². The van der Waals surface area contributed by atoms with Crippen LogP contribution < -0.4 is 0 Å². The molecule has 1 N–H and O–H groups in total. The molecular formula is C13H28N2O. The fourth-order valence-electron chi connectivity index (χ4n) is 1.36. The number of hydrogen-bond acceptors (Lipinski definition) is 2. The van der Waals surface area contributed by atoms with Gasteiger partial charge in [-0.2, -0.15) is 0 Å². The number of aliphatic hydroxyl groups is 1. The first-order valence-corrected chi connectivity index (χ1v) is 6.29. The van der Waals surface area contributed by atoms with Crippen molar-refractivity contribution in [3.05, 3.63) is 17.7 Å². The Labute approximate surface area is 101 Å². The molecule has 0 aliphatic heterocycles. The molecule has 0 bridgehead atoms. The Kier molecular flexibility index (Phi) is 11.7. The maximum atomic E-state index is 8.74. The van der Waals surface area contributed by atoms with Crippen LogP contribution in [0.5, 0.6) is 0 Å². The van der Waals surface area contributed by atoms with Gasteiger partial charge in [-0.1, -0.05) is 41.5 Å². The average molecular weight is 228 g/mol. The highest BCUT2D eigenvalue weighted by Crippen LogP contribution is 2.16. The number of imidazole rings is 1. The molecule has 0 amide bonds. The number of hydrogen-bond donors (Lipinski definition) is 1. The Balaban J connectivity index is 0. The van der Waals surface area contributed by atoms with Crippen molar-refractivity contribution in [1.29, 1.82) is 0 Å². The van der Waals surface area contributed by atoms with Gasteiger partial charge in [0.15, 0.2) is 0 Å². The number of aromatic nitrogens is 2. The third-order valence-electron chi connectivity index (χ3n) is 2.03. The number of rotatable bonds is 3. The highest BCUT2D eigenvalue weighted by atomic mass is 16.3. The van der Waals surface area contributed by atoms with Gasteiger partial charge in [0.1, 0.15) is 0 Å². The molecular weight excluding hydrogens is 200 g/mol. The van der Waals surface area contributed by atoms with Crippen LogP contribution in [0.3, 0.4) is 0 Å². The van der Waals surface area contributed by atoms with Crippen molar-refractivity contribution in [2.75, 3.05) is 6.61 Å². The van der Waals surface area contributed by atoms with Crippen molar-refractivity contribution in [3.63, 3.8) is 0 Å².